The van der Waals surface area contributed by atoms with Crippen LogP contribution in [-0.2, 0) is 0 Å². The molecule has 0 amide bonds. The average Bonchev–Trinajstić information content (AvgIpc) is 2.36. The Hall–Kier alpha value is -1.64. The van der Waals surface area contributed by atoms with Gasteiger partial charge < -0.3 is 30.4 Å². The molecule has 0 atom stereocenters. The normalized spacial score (nSPS) is 11.3. The summed E-state index contributed by atoms with van der Waals surface area (Å²) in [6.07, 6.45) is 1.14. The smallest absolute Gasteiger partial charge is 0.295 e. The van der Waals surface area contributed by atoms with E-state index in [1.807, 2.05) is 0 Å². The van der Waals surface area contributed by atoms with E-state index in [-0.39, 0.29) is 11.6 Å². The first kappa shape index (κ1) is 13.4. The first-order chi connectivity index (χ1) is 8.12. The van der Waals surface area contributed by atoms with Gasteiger partial charge in [0, 0.05) is 0 Å². The monoisotopic (exact) mass is 245 g/mol. The Morgan fingerprint density at radius 3 is 2.47 bits per heavy atom. The summed E-state index contributed by atoms with van der Waals surface area (Å²) in [6, 6.07) is 0. The summed E-state index contributed by atoms with van der Waals surface area (Å²) in [6.45, 7) is -1.59. The summed E-state index contributed by atoms with van der Waals surface area (Å²) < 4.78 is 4.84. The van der Waals surface area contributed by atoms with Gasteiger partial charge in [-0.2, -0.15) is 0 Å². The number of aliphatic hydroxyl groups is 3. The zero-order chi connectivity index (χ0) is 12.9. The average molecular weight is 245 g/mol. The Bertz CT molecular complexity index is 407. The zero-order valence-electron chi connectivity index (χ0n) is 9.30. The third-order valence-corrected chi connectivity index (χ3v) is 2.31. The molecule has 96 valence electrons. The summed E-state index contributed by atoms with van der Waals surface area (Å²) in [5.41, 5.74) is -1.87. The van der Waals surface area contributed by atoms with Gasteiger partial charge in [0.2, 0.25) is 5.75 Å². The van der Waals surface area contributed by atoms with Crippen LogP contribution in [0.3, 0.4) is 0 Å². The van der Waals surface area contributed by atoms with Crippen LogP contribution in [0.1, 0.15) is 0 Å². The summed E-state index contributed by atoms with van der Waals surface area (Å²) in [7, 11) is 1.29. The summed E-state index contributed by atoms with van der Waals surface area (Å²) in [5, 5.41) is 30.0. The first-order valence-electron chi connectivity index (χ1n) is 4.85. The van der Waals surface area contributed by atoms with E-state index >= 15 is 0 Å². The van der Waals surface area contributed by atoms with Crippen molar-refractivity contribution in [2.75, 3.05) is 32.2 Å². The minimum absolute atomic E-state index is 0.0356. The number of nitrogens with one attached hydrogen (secondary N) is 2. The van der Waals surface area contributed by atoms with Gasteiger partial charge in [-0.3, -0.25) is 4.79 Å². The second-order valence-electron chi connectivity index (χ2n) is 3.49. The molecule has 8 nitrogen and oxygen atoms in total. The van der Waals surface area contributed by atoms with Crippen LogP contribution in [0, 0.1) is 0 Å². The van der Waals surface area contributed by atoms with Crippen LogP contribution in [-0.4, -0.2) is 57.8 Å². The van der Waals surface area contributed by atoms with E-state index in [2.05, 4.69) is 15.3 Å². The topological polar surface area (TPSA) is 128 Å². The van der Waals surface area contributed by atoms with Gasteiger partial charge in [-0.05, 0) is 0 Å². The number of nitrogens with zero attached hydrogens (tertiary/aromatic N) is 1. The van der Waals surface area contributed by atoms with Crippen molar-refractivity contribution in [2.24, 2.45) is 0 Å². The first-order valence-corrected chi connectivity index (χ1v) is 4.85. The fourth-order valence-electron chi connectivity index (χ4n) is 1.19. The number of hydrogen-bond acceptors (Lipinski definition) is 7. The summed E-state index contributed by atoms with van der Waals surface area (Å²) in [5.74, 6) is -0.0550. The molecule has 0 aliphatic carbocycles. The minimum atomic E-state index is -1.37. The lowest BCUT2D eigenvalue weighted by atomic mass is 10.0. The Morgan fingerprint density at radius 2 is 2.00 bits per heavy atom. The van der Waals surface area contributed by atoms with E-state index in [1.54, 1.807) is 0 Å². The number of rotatable bonds is 6. The molecule has 17 heavy (non-hydrogen) atoms. The zero-order valence-corrected chi connectivity index (χ0v) is 9.30. The van der Waals surface area contributed by atoms with Crippen LogP contribution in [0.2, 0.25) is 0 Å². The van der Waals surface area contributed by atoms with E-state index in [0.717, 1.165) is 6.33 Å². The number of anilines is 1. The summed E-state index contributed by atoms with van der Waals surface area (Å²) in [4.78, 5) is 17.5. The molecular formula is C9H15N3O5. The number of aromatic amines is 1. The van der Waals surface area contributed by atoms with Crippen molar-refractivity contribution in [1.82, 2.24) is 9.97 Å². The maximum absolute atomic E-state index is 11.4. The van der Waals surface area contributed by atoms with Crippen molar-refractivity contribution in [3.05, 3.63) is 16.7 Å². The fraction of sp³-hybridized carbons (Fsp3) is 0.556. The molecule has 0 saturated carbocycles. The Kier molecular flexibility index (Phi) is 4.44. The number of ether oxygens (including phenoxy) is 1. The number of H-pyrrole nitrogens is 1. The molecule has 1 rings (SSSR count). The minimum Gasteiger partial charge on any atom is -0.489 e. The number of hydrogen-bond donors (Lipinski definition) is 5. The lowest BCUT2D eigenvalue weighted by molar-refractivity contribution is 0.0829. The Labute approximate surface area is 96.9 Å². The third-order valence-electron chi connectivity index (χ3n) is 2.31. The molecule has 0 fully saturated rings. The van der Waals surface area contributed by atoms with Crippen molar-refractivity contribution in [1.29, 1.82) is 0 Å². The van der Waals surface area contributed by atoms with Crippen molar-refractivity contribution < 1.29 is 20.1 Å². The highest BCUT2D eigenvalue weighted by Gasteiger charge is 2.29. The van der Waals surface area contributed by atoms with Crippen LogP contribution in [0.5, 0.6) is 5.75 Å². The molecule has 1 aromatic heterocycles. The van der Waals surface area contributed by atoms with E-state index < -0.39 is 30.9 Å². The third kappa shape index (κ3) is 2.73. The van der Waals surface area contributed by atoms with Gasteiger partial charge in [0.25, 0.3) is 5.56 Å². The van der Waals surface area contributed by atoms with Crippen LogP contribution >= 0.6 is 0 Å². The van der Waals surface area contributed by atoms with Crippen LogP contribution in [0.15, 0.2) is 11.1 Å². The number of aromatic nitrogens is 2. The van der Waals surface area contributed by atoms with E-state index in [0.29, 0.717) is 0 Å². The number of methoxy groups -OCH3 is 1. The molecule has 1 aromatic rings. The maximum Gasteiger partial charge on any atom is 0.295 e. The van der Waals surface area contributed by atoms with Crippen molar-refractivity contribution in [2.45, 2.75) is 5.54 Å². The second-order valence-corrected chi connectivity index (χ2v) is 3.49. The van der Waals surface area contributed by atoms with Crippen LogP contribution in [0.4, 0.5) is 5.82 Å². The molecule has 0 aromatic carbocycles. The van der Waals surface area contributed by atoms with Gasteiger partial charge in [-0.25, -0.2) is 4.98 Å². The van der Waals surface area contributed by atoms with Crippen molar-refractivity contribution >= 4 is 5.82 Å². The van der Waals surface area contributed by atoms with E-state index in [4.69, 9.17) is 20.1 Å². The molecule has 8 heteroatoms. The lowest BCUT2D eigenvalue weighted by Gasteiger charge is -2.29. The van der Waals surface area contributed by atoms with Crippen molar-refractivity contribution in [3.8, 4) is 5.75 Å². The highest BCUT2D eigenvalue weighted by molar-refractivity contribution is 5.50. The molecule has 0 aliphatic heterocycles. The Balaban J connectivity index is 3.09. The van der Waals surface area contributed by atoms with Gasteiger partial charge in [0.05, 0.1) is 33.3 Å². The van der Waals surface area contributed by atoms with Gasteiger partial charge >= 0.3 is 0 Å². The molecule has 0 bridgehead atoms. The standard InChI is InChI=1S/C9H15N3O5/c1-17-6-7(10-5-11-8(6)16)12-9(2-13,3-14)4-15/h5,13-15H,2-4H2,1H3,(H2,10,11,12,16). The highest BCUT2D eigenvalue weighted by Crippen LogP contribution is 2.19. The molecule has 0 saturated heterocycles. The molecule has 0 aliphatic rings. The highest BCUT2D eigenvalue weighted by atomic mass is 16.5. The molecule has 0 spiro atoms. The molecule has 5 N–H and O–H groups in total. The largest absolute Gasteiger partial charge is 0.489 e. The molecule has 0 radical (unpaired) electrons. The predicted octanol–water partition coefficient (Wildman–Crippen LogP) is -2.09. The fourth-order valence-corrected chi connectivity index (χ4v) is 1.19. The van der Waals surface area contributed by atoms with E-state index in [1.165, 1.54) is 7.11 Å². The van der Waals surface area contributed by atoms with Gasteiger partial charge in [0.15, 0.2) is 5.82 Å². The SMILES string of the molecule is COc1c(NC(CO)(CO)CO)nc[nH]c1=O. The van der Waals surface area contributed by atoms with Gasteiger partial charge in [0.1, 0.15) is 5.54 Å². The number of aliphatic hydroxyl groups excluding tert-OH is 3. The maximum atomic E-state index is 11.4. The lowest BCUT2D eigenvalue weighted by Crippen LogP contribution is -2.49. The van der Waals surface area contributed by atoms with Crippen LogP contribution in [0.25, 0.3) is 0 Å². The summed E-state index contributed by atoms with van der Waals surface area (Å²) >= 11 is 0. The quantitative estimate of drug-likeness (QED) is 0.388. The molecule has 1 heterocycles. The second kappa shape index (κ2) is 5.62. The van der Waals surface area contributed by atoms with Gasteiger partial charge in [-0.1, -0.05) is 0 Å². The van der Waals surface area contributed by atoms with Crippen molar-refractivity contribution in [3.63, 3.8) is 0 Å². The van der Waals surface area contributed by atoms with Gasteiger partial charge in [-0.15, -0.1) is 0 Å². The molecule has 0 unspecified atom stereocenters. The van der Waals surface area contributed by atoms with E-state index in [9.17, 15) is 4.79 Å². The molecular weight excluding hydrogens is 230 g/mol. The Morgan fingerprint density at radius 1 is 1.41 bits per heavy atom. The predicted molar refractivity (Wildman–Crippen MR) is 59.0 cm³/mol. The van der Waals surface area contributed by atoms with Crippen LogP contribution < -0.4 is 15.6 Å².